The molecule has 0 aliphatic carbocycles. The monoisotopic (exact) mass is 354 g/mol. The van der Waals surface area contributed by atoms with Crippen molar-refractivity contribution in [3.63, 3.8) is 0 Å². The highest BCUT2D eigenvalue weighted by Gasteiger charge is 2.31. The van der Waals surface area contributed by atoms with Gasteiger partial charge in [0, 0.05) is 37.5 Å². The summed E-state index contributed by atoms with van der Waals surface area (Å²) in [6.45, 7) is 3.06. The van der Waals surface area contributed by atoms with Gasteiger partial charge < -0.3 is 9.80 Å². The van der Waals surface area contributed by atoms with E-state index in [-0.39, 0.29) is 11.8 Å². The molecule has 0 unspecified atom stereocenters. The number of H-pyrrole nitrogens is 1. The number of carbonyl (C=O) groups is 2. The number of nitrogens with zero attached hydrogens (tertiary/aromatic N) is 3. The normalized spacial score (nSPS) is 19.5. The second-order valence-corrected chi connectivity index (χ2v) is 7.42. The zero-order valence-electron chi connectivity index (χ0n) is 15.1. The number of amides is 2. The maximum Gasteiger partial charge on any atom is 0.274 e. The quantitative estimate of drug-likeness (QED) is 0.902. The molecule has 1 aromatic heterocycles. The van der Waals surface area contributed by atoms with Gasteiger partial charge in [-0.2, -0.15) is 5.10 Å². The molecule has 0 radical (unpaired) electrons. The molecule has 2 fully saturated rings. The Kier molecular flexibility index (Phi) is 4.91. The van der Waals surface area contributed by atoms with Crippen LogP contribution in [0.15, 0.2) is 24.3 Å². The largest absolute Gasteiger partial charge is 0.342 e. The molecule has 2 aliphatic heterocycles. The summed E-state index contributed by atoms with van der Waals surface area (Å²) >= 11 is 0. The van der Waals surface area contributed by atoms with E-state index in [1.807, 2.05) is 29.2 Å². The Hall–Kier alpha value is -2.37. The lowest BCUT2D eigenvalue weighted by Gasteiger charge is -2.33. The molecule has 2 aliphatic rings. The maximum atomic E-state index is 12.8. The zero-order valence-corrected chi connectivity index (χ0v) is 15.1. The van der Waals surface area contributed by atoms with Gasteiger partial charge in [0.2, 0.25) is 5.91 Å². The van der Waals surface area contributed by atoms with Gasteiger partial charge in [0.25, 0.3) is 5.91 Å². The van der Waals surface area contributed by atoms with Crippen LogP contribution >= 0.6 is 0 Å². The minimum Gasteiger partial charge on any atom is -0.342 e. The Morgan fingerprint density at radius 2 is 1.62 bits per heavy atom. The number of fused-ring (bicyclic) bond motifs is 1. The van der Waals surface area contributed by atoms with Gasteiger partial charge in [-0.1, -0.05) is 31.0 Å². The van der Waals surface area contributed by atoms with Crippen molar-refractivity contribution in [2.75, 3.05) is 26.2 Å². The van der Waals surface area contributed by atoms with Gasteiger partial charge in [0.15, 0.2) is 5.69 Å². The molecule has 2 saturated heterocycles. The van der Waals surface area contributed by atoms with Crippen LogP contribution in [0.2, 0.25) is 0 Å². The lowest BCUT2D eigenvalue weighted by Crippen LogP contribution is -2.44. The van der Waals surface area contributed by atoms with E-state index in [1.54, 1.807) is 0 Å². The van der Waals surface area contributed by atoms with E-state index in [2.05, 4.69) is 15.1 Å². The minimum atomic E-state index is -0.0388. The summed E-state index contributed by atoms with van der Waals surface area (Å²) in [5, 5.41) is 8.00. The molecule has 26 heavy (non-hydrogen) atoms. The summed E-state index contributed by atoms with van der Waals surface area (Å²) in [4.78, 5) is 29.5. The first-order chi connectivity index (χ1) is 12.7. The third-order valence-corrected chi connectivity index (χ3v) is 5.72. The van der Waals surface area contributed by atoms with Gasteiger partial charge in [-0.3, -0.25) is 14.7 Å². The van der Waals surface area contributed by atoms with E-state index in [1.165, 1.54) is 12.8 Å². The fraction of sp³-hybridized carbons (Fsp3) is 0.550. The number of rotatable bonds is 2. The number of nitrogens with one attached hydrogen (secondary N) is 1. The summed E-state index contributed by atoms with van der Waals surface area (Å²) in [7, 11) is 0. The highest BCUT2D eigenvalue weighted by atomic mass is 16.2. The lowest BCUT2D eigenvalue weighted by atomic mass is 9.94. The van der Waals surface area contributed by atoms with E-state index in [9.17, 15) is 9.59 Å². The van der Waals surface area contributed by atoms with Crippen molar-refractivity contribution in [2.45, 2.75) is 38.5 Å². The Bertz CT molecular complexity index is 784. The van der Waals surface area contributed by atoms with Crippen LogP contribution in [0.5, 0.6) is 0 Å². The molecule has 6 nitrogen and oxygen atoms in total. The molecule has 2 aromatic rings. The number of hydrogen-bond donors (Lipinski definition) is 1. The summed E-state index contributed by atoms with van der Waals surface area (Å²) in [5.41, 5.74) is 1.36. The summed E-state index contributed by atoms with van der Waals surface area (Å²) < 4.78 is 0. The van der Waals surface area contributed by atoms with Crippen LogP contribution in [-0.4, -0.2) is 58.0 Å². The van der Waals surface area contributed by atoms with Crippen LogP contribution in [0.4, 0.5) is 0 Å². The SMILES string of the molecule is O=C(c1n[nH]c2ccccc12)N1CCC(C(=O)N2CCCCCC2)CC1. The molecule has 4 rings (SSSR count). The molecule has 138 valence electrons. The van der Waals surface area contributed by atoms with Crippen LogP contribution in [0.1, 0.15) is 49.0 Å². The van der Waals surface area contributed by atoms with Crippen LogP contribution in [0.25, 0.3) is 10.9 Å². The van der Waals surface area contributed by atoms with E-state index in [0.29, 0.717) is 24.7 Å². The lowest BCUT2D eigenvalue weighted by molar-refractivity contribution is -0.136. The van der Waals surface area contributed by atoms with Crippen molar-refractivity contribution in [1.29, 1.82) is 0 Å². The summed E-state index contributed by atoms with van der Waals surface area (Å²) in [6, 6.07) is 7.68. The Labute approximate surface area is 153 Å². The highest BCUT2D eigenvalue weighted by Crippen LogP contribution is 2.24. The minimum absolute atomic E-state index is 0.0388. The van der Waals surface area contributed by atoms with Gasteiger partial charge in [0.05, 0.1) is 5.52 Å². The first kappa shape index (κ1) is 17.1. The third-order valence-electron chi connectivity index (χ3n) is 5.72. The second-order valence-electron chi connectivity index (χ2n) is 7.42. The standard InChI is InChI=1S/C20H26N4O2/c25-19(23-11-5-1-2-6-12-23)15-9-13-24(14-10-15)20(26)18-16-7-3-4-8-17(16)21-22-18/h3-4,7-8,15H,1-2,5-6,9-14H2,(H,21,22). The maximum absolute atomic E-state index is 12.8. The van der Waals surface area contributed by atoms with Gasteiger partial charge in [0.1, 0.15) is 0 Å². The van der Waals surface area contributed by atoms with Crippen molar-refractivity contribution < 1.29 is 9.59 Å². The first-order valence-corrected chi connectivity index (χ1v) is 9.75. The summed E-state index contributed by atoms with van der Waals surface area (Å²) in [6.07, 6.45) is 6.21. The first-order valence-electron chi connectivity index (χ1n) is 9.75. The molecule has 0 spiro atoms. The number of piperidine rings is 1. The predicted molar refractivity (Wildman–Crippen MR) is 99.8 cm³/mol. The van der Waals surface area contributed by atoms with Crippen molar-refractivity contribution in [3.8, 4) is 0 Å². The summed E-state index contributed by atoms with van der Waals surface area (Å²) in [5.74, 6) is 0.320. The predicted octanol–water partition coefficient (Wildman–Crippen LogP) is 2.82. The average Bonchev–Trinajstić information content (AvgIpc) is 2.93. The van der Waals surface area contributed by atoms with Crippen molar-refractivity contribution in [3.05, 3.63) is 30.0 Å². The molecule has 0 bridgehead atoms. The topological polar surface area (TPSA) is 69.3 Å². The van der Waals surface area contributed by atoms with E-state index >= 15 is 0 Å². The smallest absolute Gasteiger partial charge is 0.274 e. The van der Waals surface area contributed by atoms with Gasteiger partial charge in [-0.05, 0) is 31.7 Å². The number of carbonyl (C=O) groups excluding carboxylic acids is 2. The average molecular weight is 354 g/mol. The number of likely N-dealkylation sites (tertiary alicyclic amines) is 2. The van der Waals surface area contributed by atoms with E-state index in [4.69, 9.17) is 0 Å². The van der Waals surface area contributed by atoms with E-state index < -0.39 is 0 Å². The van der Waals surface area contributed by atoms with Crippen LogP contribution in [-0.2, 0) is 4.79 Å². The fourth-order valence-electron chi connectivity index (χ4n) is 4.16. The highest BCUT2D eigenvalue weighted by molar-refractivity contribution is 6.04. The van der Waals surface area contributed by atoms with Gasteiger partial charge in [-0.25, -0.2) is 0 Å². The molecule has 3 heterocycles. The molecular formula is C20H26N4O2. The fourth-order valence-corrected chi connectivity index (χ4v) is 4.16. The van der Waals surface area contributed by atoms with E-state index in [0.717, 1.165) is 49.7 Å². The van der Waals surface area contributed by atoms with Crippen LogP contribution < -0.4 is 0 Å². The molecule has 1 aromatic carbocycles. The molecular weight excluding hydrogens is 328 g/mol. The Morgan fingerprint density at radius 1 is 0.923 bits per heavy atom. The van der Waals surface area contributed by atoms with Gasteiger partial charge >= 0.3 is 0 Å². The van der Waals surface area contributed by atoms with Crippen molar-refractivity contribution >= 4 is 22.7 Å². The molecule has 2 amide bonds. The zero-order chi connectivity index (χ0) is 17.9. The van der Waals surface area contributed by atoms with Crippen molar-refractivity contribution in [2.24, 2.45) is 5.92 Å². The van der Waals surface area contributed by atoms with Crippen molar-refractivity contribution in [1.82, 2.24) is 20.0 Å². The molecule has 6 heteroatoms. The number of aromatic amines is 1. The molecule has 0 atom stereocenters. The van der Waals surface area contributed by atoms with Crippen LogP contribution in [0, 0.1) is 5.92 Å². The number of para-hydroxylation sites is 1. The number of benzene rings is 1. The Morgan fingerprint density at radius 3 is 2.35 bits per heavy atom. The number of hydrogen-bond acceptors (Lipinski definition) is 3. The third kappa shape index (κ3) is 3.32. The molecule has 0 saturated carbocycles. The molecule has 1 N–H and O–H groups in total. The van der Waals surface area contributed by atoms with Gasteiger partial charge in [-0.15, -0.1) is 0 Å². The Balaban J connectivity index is 1.38. The van der Waals surface area contributed by atoms with Crippen LogP contribution in [0.3, 0.4) is 0 Å². The second kappa shape index (κ2) is 7.48. The number of aromatic nitrogens is 2.